The molecule has 9 aromatic rings. The second kappa shape index (κ2) is 11.3. The van der Waals surface area contributed by atoms with E-state index in [1.54, 1.807) is 0 Å². The van der Waals surface area contributed by atoms with E-state index in [0.717, 1.165) is 50.1 Å². The van der Waals surface area contributed by atoms with Gasteiger partial charge in [-0.05, 0) is 92.2 Å². The van der Waals surface area contributed by atoms with Gasteiger partial charge in [0.25, 0.3) is 0 Å². The highest BCUT2D eigenvalue weighted by Gasteiger charge is 2.36. The number of para-hydroxylation sites is 2. The van der Waals surface area contributed by atoms with E-state index < -0.39 is 0 Å². The Bertz CT molecular complexity index is 2790. The molecular formula is C49H35NO. The summed E-state index contributed by atoms with van der Waals surface area (Å²) in [4.78, 5) is 2.43. The highest BCUT2D eigenvalue weighted by molar-refractivity contribution is 6.13. The highest BCUT2D eigenvalue weighted by atomic mass is 16.3. The van der Waals surface area contributed by atoms with Gasteiger partial charge in [0.1, 0.15) is 5.58 Å². The zero-order valence-corrected chi connectivity index (χ0v) is 28.6. The second-order valence-corrected chi connectivity index (χ2v) is 14.2. The molecule has 10 rings (SSSR count). The lowest BCUT2D eigenvalue weighted by Gasteiger charge is -2.30. The Balaban J connectivity index is 1.29. The van der Waals surface area contributed by atoms with Gasteiger partial charge < -0.3 is 9.32 Å². The van der Waals surface area contributed by atoms with Crippen LogP contribution in [0.15, 0.2) is 180 Å². The third kappa shape index (κ3) is 4.64. The number of furan rings is 1. The van der Waals surface area contributed by atoms with Crippen molar-refractivity contribution in [3.05, 3.63) is 187 Å². The van der Waals surface area contributed by atoms with Crippen LogP contribution < -0.4 is 4.90 Å². The average Bonchev–Trinajstić information content (AvgIpc) is 3.67. The summed E-state index contributed by atoms with van der Waals surface area (Å²) in [5, 5.41) is 4.66. The van der Waals surface area contributed by atoms with Crippen LogP contribution in [0.1, 0.15) is 25.0 Å². The first kappa shape index (κ1) is 29.5. The van der Waals surface area contributed by atoms with E-state index in [-0.39, 0.29) is 5.41 Å². The van der Waals surface area contributed by atoms with Crippen LogP contribution in [0, 0.1) is 0 Å². The van der Waals surface area contributed by atoms with E-state index in [0.29, 0.717) is 0 Å². The molecule has 0 fully saturated rings. The van der Waals surface area contributed by atoms with Crippen molar-refractivity contribution in [1.29, 1.82) is 0 Å². The largest absolute Gasteiger partial charge is 0.454 e. The van der Waals surface area contributed by atoms with Gasteiger partial charge >= 0.3 is 0 Å². The van der Waals surface area contributed by atoms with Crippen LogP contribution >= 0.6 is 0 Å². The third-order valence-corrected chi connectivity index (χ3v) is 10.8. The van der Waals surface area contributed by atoms with Gasteiger partial charge in [0, 0.05) is 27.4 Å². The number of fused-ring (bicyclic) bond motifs is 7. The van der Waals surface area contributed by atoms with E-state index in [1.165, 1.54) is 44.2 Å². The molecule has 8 aromatic carbocycles. The molecule has 51 heavy (non-hydrogen) atoms. The summed E-state index contributed by atoms with van der Waals surface area (Å²) in [6.07, 6.45) is 0. The maximum absolute atomic E-state index is 6.86. The number of anilines is 3. The van der Waals surface area contributed by atoms with Gasteiger partial charge in [-0.2, -0.15) is 0 Å². The molecule has 1 aliphatic rings. The fourth-order valence-electron chi connectivity index (χ4n) is 8.28. The maximum Gasteiger partial charge on any atom is 0.159 e. The van der Waals surface area contributed by atoms with Crippen molar-refractivity contribution < 1.29 is 4.42 Å². The Morgan fingerprint density at radius 3 is 2.02 bits per heavy atom. The van der Waals surface area contributed by atoms with Crippen molar-refractivity contribution in [2.45, 2.75) is 19.3 Å². The zero-order chi connectivity index (χ0) is 34.1. The monoisotopic (exact) mass is 653 g/mol. The van der Waals surface area contributed by atoms with Gasteiger partial charge in [-0.1, -0.05) is 147 Å². The Kier molecular flexibility index (Phi) is 6.56. The quantitative estimate of drug-likeness (QED) is 0.184. The number of benzene rings is 8. The SMILES string of the molecule is CC1(C)c2ccccc2-c2ccc(N(c3ccccc3-c3ccccc3)c3cc(-c4ccc5ccccc5c4)cc4c3oc3ccccc34)cc21. The Morgan fingerprint density at radius 2 is 1.14 bits per heavy atom. The molecule has 242 valence electrons. The molecule has 0 N–H and O–H groups in total. The van der Waals surface area contributed by atoms with E-state index in [9.17, 15) is 0 Å². The molecule has 0 amide bonds. The summed E-state index contributed by atoms with van der Waals surface area (Å²) in [6, 6.07) is 63.7. The van der Waals surface area contributed by atoms with Gasteiger partial charge in [-0.25, -0.2) is 0 Å². The molecule has 0 spiro atoms. The van der Waals surface area contributed by atoms with E-state index in [2.05, 4.69) is 195 Å². The van der Waals surface area contributed by atoms with Crippen LogP contribution in [-0.4, -0.2) is 0 Å². The minimum atomic E-state index is -0.145. The number of hydrogen-bond donors (Lipinski definition) is 0. The van der Waals surface area contributed by atoms with Crippen molar-refractivity contribution in [3.8, 4) is 33.4 Å². The summed E-state index contributed by atoms with van der Waals surface area (Å²) in [7, 11) is 0. The highest BCUT2D eigenvalue weighted by Crippen LogP contribution is 2.52. The normalized spacial score (nSPS) is 13.1. The van der Waals surface area contributed by atoms with Crippen molar-refractivity contribution in [1.82, 2.24) is 0 Å². The molecule has 0 radical (unpaired) electrons. The first-order chi connectivity index (χ1) is 25.0. The first-order valence-corrected chi connectivity index (χ1v) is 17.7. The van der Waals surface area contributed by atoms with E-state index >= 15 is 0 Å². The molecule has 0 unspecified atom stereocenters. The minimum Gasteiger partial charge on any atom is -0.454 e. The molecular weight excluding hydrogens is 619 g/mol. The first-order valence-electron chi connectivity index (χ1n) is 17.7. The summed E-state index contributed by atoms with van der Waals surface area (Å²) >= 11 is 0. The van der Waals surface area contributed by atoms with Crippen LogP contribution in [0.25, 0.3) is 66.1 Å². The lowest BCUT2D eigenvalue weighted by molar-refractivity contribution is 0.660. The van der Waals surface area contributed by atoms with Gasteiger partial charge in [0.15, 0.2) is 5.58 Å². The predicted octanol–water partition coefficient (Wildman–Crippen LogP) is 13.8. The topological polar surface area (TPSA) is 16.4 Å². The molecule has 1 heterocycles. The van der Waals surface area contributed by atoms with Gasteiger partial charge in [0.2, 0.25) is 0 Å². The Hall–Kier alpha value is -6.38. The van der Waals surface area contributed by atoms with Crippen molar-refractivity contribution >= 4 is 49.8 Å². The van der Waals surface area contributed by atoms with Crippen LogP contribution in [0.5, 0.6) is 0 Å². The van der Waals surface area contributed by atoms with Crippen molar-refractivity contribution in [2.75, 3.05) is 4.90 Å². The second-order valence-electron chi connectivity index (χ2n) is 14.2. The van der Waals surface area contributed by atoms with Gasteiger partial charge in [0.05, 0.1) is 11.4 Å². The lowest BCUT2D eigenvalue weighted by Crippen LogP contribution is -2.17. The Labute approximate surface area is 297 Å². The lowest BCUT2D eigenvalue weighted by atomic mass is 9.82. The van der Waals surface area contributed by atoms with E-state index in [1.807, 2.05) is 0 Å². The standard InChI is InChI=1S/C49H35NO/c1-49(2)43-21-11-8-19-39(43)40-27-26-37(31-44(40)49)50(45-22-12-9-18-38(45)33-15-4-3-5-16-33)46-30-36(35-25-24-32-14-6-7-17-34(32)28-35)29-42-41-20-10-13-23-47(41)51-48(42)46/h3-31H,1-2H3. The smallest absolute Gasteiger partial charge is 0.159 e. The number of rotatable bonds is 5. The van der Waals surface area contributed by atoms with Crippen LogP contribution in [0.2, 0.25) is 0 Å². The van der Waals surface area contributed by atoms with E-state index in [4.69, 9.17) is 4.42 Å². The molecule has 0 bridgehead atoms. The zero-order valence-electron chi connectivity index (χ0n) is 28.6. The van der Waals surface area contributed by atoms with Crippen LogP contribution in [0.3, 0.4) is 0 Å². The van der Waals surface area contributed by atoms with Crippen LogP contribution in [-0.2, 0) is 5.41 Å². The van der Waals surface area contributed by atoms with Crippen molar-refractivity contribution in [3.63, 3.8) is 0 Å². The predicted molar refractivity (Wildman–Crippen MR) is 214 cm³/mol. The number of hydrogen-bond acceptors (Lipinski definition) is 2. The molecule has 0 saturated heterocycles. The fourth-order valence-corrected chi connectivity index (χ4v) is 8.28. The molecule has 2 heteroatoms. The average molecular weight is 654 g/mol. The maximum atomic E-state index is 6.86. The molecule has 1 aliphatic carbocycles. The molecule has 0 aliphatic heterocycles. The molecule has 0 saturated carbocycles. The summed E-state index contributed by atoms with van der Waals surface area (Å²) in [5.74, 6) is 0. The summed E-state index contributed by atoms with van der Waals surface area (Å²) in [6.45, 7) is 4.70. The Morgan fingerprint density at radius 1 is 0.431 bits per heavy atom. The van der Waals surface area contributed by atoms with Crippen LogP contribution in [0.4, 0.5) is 17.1 Å². The third-order valence-electron chi connectivity index (χ3n) is 10.8. The molecule has 2 nitrogen and oxygen atoms in total. The van der Waals surface area contributed by atoms with Gasteiger partial charge in [-0.3, -0.25) is 0 Å². The number of nitrogens with zero attached hydrogens (tertiary/aromatic N) is 1. The summed E-state index contributed by atoms with van der Waals surface area (Å²) < 4.78 is 6.86. The van der Waals surface area contributed by atoms with Crippen molar-refractivity contribution in [2.24, 2.45) is 0 Å². The molecule has 0 atom stereocenters. The van der Waals surface area contributed by atoms with Gasteiger partial charge in [-0.15, -0.1) is 0 Å². The minimum absolute atomic E-state index is 0.145. The summed E-state index contributed by atoms with van der Waals surface area (Å²) in [5.41, 5.74) is 14.7. The molecule has 1 aromatic heterocycles. The fraction of sp³-hybridized carbons (Fsp3) is 0.0612.